The molecule has 0 aromatic carbocycles. The van der Waals surface area contributed by atoms with Gasteiger partial charge >= 0.3 is 5.97 Å². The molecule has 112 valence electrons. The van der Waals surface area contributed by atoms with Crippen LogP contribution in [0.2, 0.25) is 18.1 Å². The number of carboxylic acids is 1. The van der Waals surface area contributed by atoms with Gasteiger partial charge in [-0.25, -0.2) is 0 Å². The zero-order valence-electron chi connectivity index (χ0n) is 13.4. The van der Waals surface area contributed by atoms with Gasteiger partial charge in [0.1, 0.15) is 12.0 Å². The second-order valence-electron chi connectivity index (χ2n) is 7.01. The van der Waals surface area contributed by atoms with Crippen molar-refractivity contribution in [1.29, 1.82) is 0 Å². The topological polar surface area (TPSA) is 63.6 Å². The van der Waals surface area contributed by atoms with Crippen LogP contribution in [0.1, 0.15) is 41.5 Å². The molecule has 0 rings (SSSR count). The fraction of sp³-hybridized carbons (Fsp3) is 0.857. The summed E-state index contributed by atoms with van der Waals surface area (Å²) in [6.45, 7) is 15.6. The molecular formula is C14H28O4Si. The van der Waals surface area contributed by atoms with Crippen molar-refractivity contribution in [3.63, 3.8) is 0 Å². The fourth-order valence-electron chi connectivity index (χ4n) is 1.38. The summed E-state index contributed by atoms with van der Waals surface area (Å²) in [5, 5.41) is 8.97. The number of hydrogen-bond donors (Lipinski definition) is 1. The maximum Gasteiger partial charge on any atom is 0.313 e. The zero-order valence-corrected chi connectivity index (χ0v) is 14.4. The quantitative estimate of drug-likeness (QED) is 0.601. The summed E-state index contributed by atoms with van der Waals surface area (Å²) >= 11 is 0. The summed E-state index contributed by atoms with van der Waals surface area (Å²) in [6.07, 6.45) is -0.632. The van der Waals surface area contributed by atoms with Crippen molar-refractivity contribution in [2.75, 3.05) is 0 Å². The largest absolute Gasteiger partial charge is 0.481 e. The van der Waals surface area contributed by atoms with Gasteiger partial charge < -0.3 is 9.53 Å². The maximum absolute atomic E-state index is 12.2. The minimum absolute atomic E-state index is 0.00706. The Kier molecular flexibility index (Phi) is 5.96. The van der Waals surface area contributed by atoms with Crippen molar-refractivity contribution in [1.82, 2.24) is 0 Å². The highest BCUT2D eigenvalue weighted by molar-refractivity contribution is 6.74. The van der Waals surface area contributed by atoms with Gasteiger partial charge in [-0.2, -0.15) is 0 Å². The van der Waals surface area contributed by atoms with Crippen LogP contribution in [-0.4, -0.2) is 31.3 Å². The molecule has 0 aromatic heterocycles. The van der Waals surface area contributed by atoms with Gasteiger partial charge in [0.25, 0.3) is 0 Å². The lowest BCUT2D eigenvalue weighted by Gasteiger charge is -2.40. The summed E-state index contributed by atoms with van der Waals surface area (Å²) in [6, 6.07) is 0. The van der Waals surface area contributed by atoms with E-state index in [-0.39, 0.29) is 16.7 Å². The first-order valence-corrected chi connectivity index (χ1v) is 9.66. The molecule has 0 aliphatic carbocycles. The summed E-state index contributed by atoms with van der Waals surface area (Å²) in [7, 11) is -2.09. The molecule has 0 spiro atoms. The molecule has 0 amide bonds. The van der Waals surface area contributed by atoms with Crippen molar-refractivity contribution >= 4 is 20.1 Å². The highest BCUT2D eigenvalue weighted by Gasteiger charge is 2.42. The van der Waals surface area contributed by atoms with Crippen LogP contribution < -0.4 is 0 Å². The minimum atomic E-state index is -2.09. The van der Waals surface area contributed by atoms with E-state index in [1.807, 2.05) is 13.8 Å². The van der Waals surface area contributed by atoms with Crippen LogP contribution in [0.5, 0.6) is 0 Å². The van der Waals surface area contributed by atoms with E-state index in [4.69, 9.17) is 9.53 Å². The Morgan fingerprint density at radius 2 is 1.53 bits per heavy atom. The zero-order chi connectivity index (χ0) is 15.6. The van der Waals surface area contributed by atoms with E-state index in [9.17, 15) is 9.59 Å². The van der Waals surface area contributed by atoms with Gasteiger partial charge in [0, 0.05) is 0 Å². The molecule has 19 heavy (non-hydrogen) atoms. The fourth-order valence-corrected chi connectivity index (χ4v) is 2.76. The monoisotopic (exact) mass is 288 g/mol. The van der Waals surface area contributed by atoms with Gasteiger partial charge in [-0.15, -0.1) is 0 Å². The number of carbonyl (C=O) groups excluding carboxylic acids is 1. The van der Waals surface area contributed by atoms with Crippen LogP contribution in [0.4, 0.5) is 0 Å². The highest BCUT2D eigenvalue weighted by atomic mass is 28.4. The molecule has 0 saturated carbocycles. The number of rotatable bonds is 6. The highest BCUT2D eigenvalue weighted by Crippen LogP contribution is 2.38. The lowest BCUT2D eigenvalue weighted by molar-refractivity contribution is -0.148. The van der Waals surface area contributed by atoms with E-state index in [1.165, 1.54) is 6.92 Å². The van der Waals surface area contributed by atoms with Crippen molar-refractivity contribution in [2.24, 2.45) is 11.8 Å². The number of aliphatic carboxylic acids is 1. The second kappa shape index (κ2) is 6.18. The van der Waals surface area contributed by atoms with Gasteiger partial charge in [-0.05, 0) is 31.0 Å². The van der Waals surface area contributed by atoms with Gasteiger partial charge in [0.05, 0.1) is 0 Å². The van der Waals surface area contributed by atoms with Crippen molar-refractivity contribution in [3.05, 3.63) is 0 Å². The predicted molar refractivity (Wildman–Crippen MR) is 78.7 cm³/mol. The smallest absolute Gasteiger partial charge is 0.313 e. The van der Waals surface area contributed by atoms with Crippen molar-refractivity contribution in [3.8, 4) is 0 Å². The van der Waals surface area contributed by atoms with Crippen molar-refractivity contribution < 1.29 is 19.1 Å². The number of carbonyl (C=O) groups is 2. The molecule has 0 radical (unpaired) electrons. The van der Waals surface area contributed by atoms with E-state index < -0.39 is 26.3 Å². The van der Waals surface area contributed by atoms with Crippen LogP contribution in [0.15, 0.2) is 0 Å². The Labute approximate surface area is 117 Å². The third-order valence-corrected chi connectivity index (χ3v) is 8.37. The van der Waals surface area contributed by atoms with Crippen LogP contribution in [-0.2, 0) is 14.0 Å². The van der Waals surface area contributed by atoms with Gasteiger partial charge in [-0.1, -0.05) is 34.6 Å². The summed E-state index contributed by atoms with van der Waals surface area (Å²) in [4.78, 5) is 23.2. The third-order valence-electron chi connectivity index (χ3n) is 3.91. The molecule has 4 nitrogen and oxygen atoms in total. The van der Waals surface area contributed by atoms with E-state index >= 15 is 0 Å². The molecule has 0 fully saturated rings. The lowest BCUT2D eigenvalue weighted by atomic mass is 9.95. The summed E-state index contributed by atoms with van der Waals surface area (Å²) in [5.74, 6) is -2.46. The van der Waals surface area contributed by atoms with E-state index in [0.29, 0.717) is 0 Å². The lowest BCUT2D eigenvalue weighted by Crippen LogP contribution is -2.49. The first-order valence-electron chi connectivity index (χ1n) is 6.75. The molecule has 0 aromatic rings. The average Bonchev–Trinajstić information content (AvgIpc) is 2.21. The number of Topliss-reactive ketones (excluding diaryl/α,β-unsaturated/α-hetero) is 1. The Morgan fingerprint density at radius 1 is 1.11 bits per heavy atom. The Balaban J connectivity index is 5.17. The molecule has 0 aliphatic heterocycles. The van der Waals surface area contributed by atoms with Gasteiger partial charge in [0.2, 0.25) is 0 Å². The predicted octanol–water partition coefficient (Wildman–Crippen LogP) is 3.32. The molecule has 5 heteroatoms. The molecule has 0 heterocycles. The van der Waals surface area contributed by atoms with E-state index in [2.05, 4.69) is 33.9 Å². The standard InChI is InChI=1S/C14H28O4Si/c1-9(2)12(11(15)10(3)13(16)17)18-19(7,8)14(4,5)6/h9-10,12H,1-8H3,(H,16,17)/t10?,12-/m0/s1. The SMILES string of the molecule is CC(C(=O)O)C(=O)[C@@H](O[Si](C)(C)C(C)(C)C)C(C)C. The number of hydrogen-bond acceptors (Lipinski definition) is 3. The Hall–Kier alpha value is -0.683. The Bertz CT molecular complexity index is 342. The molecule has 2 atom stereocenters. The van der Waals surface area contributed by atoms with Crippen molar-refractivity contribution in [2.45, 2.75) is 65.8 Å². The Morgan fingerprint density at radius 3 is 1.79 bits per heavy atom. The minimum Gasteiger partial charge on any atom is -0.481 e. The van der Waals surface area contributed by atoms with E-state index in [1.54, 1.807) is 0 Å². The number of ketones is 1. The van der Waals surface area contributed by atoms with E-state index in [0.717, 1.165) is 0 Å². The summed E-state index contributed by atoms with van der Waals surface area (Å²) in [5.41, 5.74) is 0. The third kappa shape index (κ3) is 4.73. The van der Waals surface area contributed by atoms with Crippen LogP contribution >= 0.6 is 0 Å². The summed E-state index contributed by atoms with van der Waals surface area (Å²) < 4.78 is 6.12. The second-order valence-corrected chi connectivity index (χ2v) is 11.8. The normalized spacial score (nSPS) is 16.3. The average molecular weight is 288 g/mol. The van der Waals surface area contributed by atoms with Gasteiger partial charge in [0.15, 0.2) is 14.1 Å². The number of carboxylic acid groups (broad SMARTS) is 1. The molecule has 1 unspecified atom stereocenters. The van der Waals surface area contributed by atoms with Gasteiger partial charge in [-0.3, -0.25) is 9.59 Å². The van der Waals surface area contributed by atoms with Crippen LogP contribution in [0.3, 0.4) is 0 Å². The maximum atomic E-state index is 12.2. The molecule has 0 bridgehead atoms. The molecule has 0 saturated heterocycles. The molecule has 1 N–H and O–H groups in total. The van der Waals surface area contributed by atoms with Crippen LogP contribution in [0.25, 0.3) is 0 Å². The molecular weight excluding hydrogens is 260 g/mol. The first-order chi connectivity index (χ1) is 8.31. The van der Waals surface area contributed by atoms with Crippen LogP contribution in [0, 0.1) is 11.8 Å². The first kappa shape index (κ1) is 18.3. The molecule has 0 aliphatic rings.